The van der Waals surface area contributed by atoms with Crippen LogP contribution in [0.5, 0.6) is 0 Å². The van der Waals surface area contributed by atoms with Gasteiger partial charge in [-0.3, -0.25) is 4.98 Å². The lowest BCUT2D eigenvalue weighted by Crippen LogP contribution is -2.35. The first-order valence-corrected chi connectivity index (χ1v) is 8.25. The first kappa shape index (κ1) is 16.4. The van der Waals surface area contributed by atoms with Gasteiger partial charge >= 0.3 is 0 Å². The minimum atomic E-state index is 0.117. The van der Waals surface area contributed by atoms with Crippen molar-refractivity contribution in [2.45, 2.75) is 78.2 Å². The van der Waals surface area contributed by atoms with Crippen LogP contribution in [0.15, 0.2) is 18.2 Å². The number of nitrogens with one attached hydrogen (secondary N) is 1. The van der Waals surface area contributed by atoms with E-state index in [1.165, 1.54) is 25.7 Å². The molecule has 0 spiro atoms. The van der Waals surface area contributed by atoms with Crippen LogP contribution in [0.25, 0.3) is 0 Å². The number of pyridine rings is 1. The molecular formula is C18H30N2O. The number of hydrogen-bond donors (Lipinski definition) is 1. The second-order valence-corrected chi connectivity index (χ2v) is 7.34. The predicted octanol–water partition coefficient (Wildman–Crippen LogP) is 4.07. The van der Waals surface area contributed by atoms with Crippen molar-refractivity contribution in [1.82, 2.24) is 10.3 Å². The molecule has 0 saturated heterocycles. The molecule has 1 aromatic rings. The van der Waals surface area contributed by atoms with E-state index < -0.39 is 0 Å². The zero-order valence-electron chi connectivity index (χ0n) is 14.0. The average Bonchev–Trinajstić information content (AvgIpc) is 2.44. The van der Waals surface area contributed by atoms with E-state index in [-0.39, 0.29) is 5.54 Å². The van der Waals surface area contributed by atoms with Gasteiger partial charge in [-0.2, -0.15) is 0 Å². The lowest BCUT2D eigenvalue weighted by atomic mass is 9.88. The summed E-state index contributed by atoms with van der Waals surface area (Å²) in [5.41, 5.74) is 2.25. The lowest BCUT2D eigenvalue weighted by Gasteiger charge is -2.28. The van der Waals surface area contributed by atoms with Crippen LogP contribution in [0.2, 0.25) is 0 Å². The molecule has 0 bridgehead atoms. The molecule has 1 heterocycles. The molecule has 118 valence electrons. The largest absolute Gasteiger partial charge is 0.372 e. The van der Waals surface area contributed by atoms with E-state index >= 15 is 0 Å². The SMILES string of the molecule is CC1CCCCC1OCc1cccc(CNC(C)(C)C)n1. The predicted molar refractivity (Wildman–Crippen MR) is 87.0 cm³/mol. The minimum Gasteiger partial charge on any atom is -0.372 e. The van der Waals surface area contributed by atoms with Gasteiger partial charge in [0.2, 0.25) is 0 Å². The highest BCUT2D eigenvalue weighted by Gasteiger charge is 2.21. The molecule has 2 unspecified atom stereocenters. The monoisotopic (exact) mass is 290 g/mol. The van der Waals surface area contributed by atoms with Crippen LogP contribution in [0.1, 0.15) is 64.8 Å². The van der Waals surface area contributed by atoms with Crippen LogP contribution >= 0.6 is 0 Å². The molecule has 3 nitrogen and oxygen atoms in total. The summed E-state index contributed by atoms with van der Waals surface area (Å²) < 4.78 is 6.10. The number of hydrogen-bond acceptors (Lipinski definition) is 3. The second-order valence-electron chi connectivity index (χ2n) is 7.34. The molecule has 21 heavy (non-hydrogen) atoms. The van der Waals surface area contributed by atoms with Gasteiger partial charge < -0.3 is 10.1 Å². The second kappa shape index (κ2) is 7.37. The van der Waals surface area contributed by atoms with Crippen molar-refractivity contribution in [2.75, 3.05) is 0 Å². The smallest absolute Gasteiger partial charge is 0.0891 e. The van der Waals surface area contributed by atoms with Crippen molar-refractivity contribution < 1.29 is 4.74 Å². The zero-order chi connectivity index (χ0) is 15.3. The molecule has 1 aliphatic carbocycles. The van der Waals surface area contributed by atoms with E-state index in [0.717, 1.165) is 17.9 Å². The number of ether oxygens (including phenoxy) is 1. The molecule has 1 aliphatic rings. The van der Waals surface area contributed by atoms with Gasteiger partial charge in [-0.05, 0) is 51.7 Å². The molecule has 1 aromatic heterocycles. The van der Waals surface area contributed by atoms with Gasteiger partial charge in [-0.25, -0.2) is 0 Å². The van der Waals surface area contributed by atoms with E-state index in [2.05, 4.69) is 51.2 Å². The first-order valence-electron chi connectivity index (χ1n) is 8.25. The summed E-state index contributed by atoms with van der Waals surface area (Å²) >= 11 is 0. The molecule has 2 atom stereocenters. The Kier molecular flexibility index (Phi) is 5.77. The molecule has 1 saturated carbocycles. The van der Waals surface area contributed by atoms with Crippen LogP contribution in [0, 0.1) is 5.92 Å². The Balaban J connectivity index is 1.85. The molecule has 0 radical (unpaired) electrons. The third-order valence-electron chi connectivity index (χ3n) is 4.14. The molecule has 0 amide bonds. The summed E-state index contributed by atoms with van der Waals surface area (Å²) in [5, 5.41) is 3.47. The Morgan fingerprint density at radius 2 is 1.90 bits per heavy atom. The summed E-state index contributed by atoms with van der Waals surface area (Å²) in [4.78, 5) is 4.70. The molecule has 2 rings (SSSR count). The topological polar surface area (TPSA) is 34.1 Å². The van der Waals surface area contributed by atoms with Gasteiger partial charge in [0.15, 0.2) is 0 Å². The molecule has 1 N–H and O–H groups in total. The number of rotatable bonds is 5. The molecule has 1 fully saturated rings. The maximum Gasteiger partial charge on any atom is 0.0891 e. The van der Waals surface area contributed by atoms with E-state index in [0.29, 0.717) is 18.6 Å². The van der Waals surface area contributed by atoms with E-state index in [4.69, 9.17) is 9.72 Å². The highest BCUT2D eigenvalue weighted by molar-refractivity contribution is 5.11. The van der Waals surface area contributed by atoms with Crippen LogP contribution < -0.4 is 5.32 Å². The van der Waals surface area contributed by atoms with Gasteiger partial charge in [-0.15, -0.1) is 0 Å². The minimum absolute atomic E-state index is 0.117. The quantitative estimate of drug-likeness (QED) is 0.887. The van der Waals surface area contributed by atoms with Crippen molar-refractivity contribution >= 4 is 0 Å². The van der Waals surface area contributed by atoms with Crippen LogP contribution in [-0.4, -0.2) is 16.6 Å². The summed E-state index contributed by atoms with van der Waals surface area (Å²) in [6.45, 7) is 10.3. The van der Waals surface area contributed by atoms with E-state index in [1.54, 1.807) is 0 Å². The Morgan fingerprint density at radius 3 is 2.62 bits per heavy atom. The van der Waals surface area contributed by atoms with Crippen molar-refractivity contribution in [2.24, 2.45) is 5.92 Å². The highest BCUT2D eigenvalue weighted by atomic mass is 16.5. The van der Waals surface area contributed by atoms with Gasteiger partial charge in [-0.1, -0.05) is 25.8 Å². The van der Waals surface area contributed by atoms with E-state index in [9.17, 15) is 0 Å². The zero-order valence-corrected chi connectivity index (χ0v) is 14.0. The van der Waals surface area contributed by atoms with Gasteiger partial charge in [0.25, 0.3) is 0 Å². The fourth-order valence-corrected chi connectivity index (χ4v) is 2.79. The fourth-order valence-electron chi connectivity index (χ4n) is 2.79. The third kappa shape index (κ3) is 5.76. The first-order chi connectivity index (χ1) is 9.94. The normalized spacial score (nSPS) is 23.2. The Hall–Kier alpha value is -0.930. The number of nitrogens with zero attached hydrogens (tertiary/aromatic N) is 1. The Morgan fingerprint density at radius 1 is 1.19 bits per heavy atom. The molecular weight excluding hydrogens is 260 g/mol. The third-order valence-corrected chi connectivity index (χ3v) is 4.14. The molecule has 0 aliphatic heterocycles. The van der Waals surface area contributed by atoms with Crippen LogP contribution in [0.3, 0.4) is 0 Å². The van der Waals surface area contributed by atoms with E-state index in [1.807, 2.05) is 0 Å². The Bertz CT molecular complexity index is 439. The summed E-state index contributed by atoms with van der Waals surface area (Å²) in [6, 6.07) is 6.22. The highest BCUT2D eigenvalue weighted by Crippen LogP contribution is 2.26. The number of aromatic nitrogens is 1. The van der Waals surface area contributed by atoms with Gasteiger partial charge in [0, 0.05) is 12.1 Å². The molecule has 0 aromatic carbocycles. The lowest BCUT2D eigenvalue weighted by molar-refractivity contribution is -0.0168. The Labute approximate surface area is 129 Å². The van der Waals surface area contributed by atoms with Crippen molar-refractivity contribution in [1.29, 1.82) is 0 Å². The van der Waals surface area contributed by atoms with Gasteiger partial charge in [0.05, 0.1) is 24.1 Å². The molecule has 3 heteroatoms. The standard InChI is InChI=1S/C18H30N2O/c1-14-8-5-6-11-17(14)21-13-16-10-7-9-15(20-16)12-19-18(2,3)4/h7,9-10,14,17,19H,5-6,8,11-13H2,1-4H3. The summed E-state index contributed by atoms with van der Waals surface area (Å²) in [7, 11) is 0. The summed E-state index contributed by atoms with van der Waals surface area (Å²) in [5.74, 6) is 0.685. The van der Waals surface area contributed by atoms with Crippen molar-refractivity contribution in [3.63, 3.8) is 0 Å². The maximum absolute atomic E-state index is 6.10. The maximum atomic E-state index is 6.10. The van der Waals surface area contributed by atoms with Crippen molar-refractivity contribution in [3.8, 4) is 0 Å². The van der Waals surface area contributed by atoms with Crippen LogP contribution in [0.4, 0.5) is 0 Å². The summed E-state index contributed by atoms with van der Waals surface area (Å²) in [6.07, 6.45) is 5.57. The van der Waals surface area contributed by atoms with Crippen molar-refractivity contribution in [3.05, 3.63) is 29.6 Å². The van der Waals surface area contributed by atoms with Crippen LogP contribution in [-0.2, 0) is 17.9 Å². The average molecular weight is 290 g/mol. The van der Waals surface area contributed by atoms with Gasteiger partial charge in [0.1, 0.15) is 0 Å². The fraction of sp³-hybridized carbons (Fsp3) is 0.722.